The molecule has 0 saturated heterocycles. The Labute approximate surface area is 127 Å². The van der Waals surface area contributed by atoms with Crippen LogP contribution in [0.3, 0.4) is 0 Å². The van der Waals surface area contributed by atoms with Crippen LogP contribution in [0.15, 0.2) is 34.7 Å². The highest BCUT2D eigenvalue weighted by Crippen LogP contribution is 2.32. The molecule has 2 aromatic rings. The number of likely N-dealkylation sites (N-methyl/N-ethyl adjacent to an activating group) is 1. The van der Waals surface area contributed by atoms with E-state index in [1.54, 1.807) is 0 Å². The number of rotatable bonds is 8. The molecule has 2 unspecified atom stereocenters. The van der Waals surface area contributed by atoms with Gasteiger partial charge in [0.25, 0.3) is 0 Å². The lowest BCUT2D eigenvalue weighted by Gasteiger charge is -2.19. The van der Waals surface area contributed by atoms with Crippen molar-refractivity contribution in [2.45, 2.75) is 39.5 Å². The Bertz CT molecular complexity index is 524. The third kappa shape index (κ3) is 4.14. The number of nitrogens with zero attached hydrogens (tertiary/aromatic N) is 2. The van der Waals surface area contributed by atoms with Gasteiger partial charge in [-0.25, -0.2) is 0 Å². The number of hydrogen-bond donors (Lipinski definition) is 1. The average Bonchev–Trinajstić information content (AvgIpc) is 2.97. The number of benzene rings is 1. The SMILES string of the molecule is CCNCCc1nnc(C(c2ccccc2)C(C)CC)o1. The Morgan fingerprint density at radius 3 is 2.57 bits per heavy atom. The zero-order valence-corrected chi connectivity index (χ0v) is 13.2. The molecule has 4 nitrogen and oxygen atoms in total. The van der Waals surface area contributed by atoms with Crippen LogP contribution in [0.2, 0.25) is 0 Å². The highest BCUT2D eigenvalue weighted by atomic mass is 16.4. The first kappa shape index (κ1) is 15.7. The minimum absolute atomic E-state index is 0.177. The molecule has 114 valence electrons. The molecule has 0 spiro atoms. The first-order valence-corrected chi connectivity index (χ1v) is 7.84. The van der Waals surface area contributed by atoms with Crippen molar-refractivity contribution in [2.24, 2.45) is 5.92 Å². The van der Waals surface area contributed by atoms with Gasteiger partial charge in [-0.2, -0.15) is 0 Å². The van der Waals surface area contributed by atoms with E-state index in [4.69, 9.17) is 4.42 Å². The van der Waals surface area contributed by atoms with E-state index in [9.17, 15) is 0 Å². The van der Waals surface area contributed by atoms with Crippen LogP contribution in [0.5, 0.6) is 0 Å². The van der Waals surface area contributed by atoms with Crippen LogP contribution in [-0.2, 0) is 6.42 Å². The maximum Gasteiger partial charge on any atom is 0.224 e. The third-order valence-electron chi connectivity index (χ3n) is 3.89. The summed E-state index contributed by atoms with van der Waals surface area (Å²) in [4.78, 5) is 0. The van der Waals surface area contributed by atoms with Gasteiger partial charge in [-0.1, -0.05) is 57.5 Å². The summed E-state index contributed by atoms with van der Waals surface area (Å²) in [6.07, 6.45) is 1.86. The average molecular weight is 287 g/mol. The molecule has 0 aliphatic rings. The first-order chi connectivity index (χ1) is 10.3. The maximum absolute atomic E-state index is 5.91. The van der Waals surface area contributed by atoms with Crippen LogP contribution in [0.1, 0.15) is 50.5 Å². The molecular weight excluding hydrogens is 262 g/mol. The molecule has 0 aliphatic carbocycles. The van der Waals surface area contributed by atoms with Crippen molar-refractivity contribution in [3.63, 3.8) is 0 Å². The molecule has 0 saturated carbocycles. The van der Waals surface area contributed by atoms with Gasteiger partial charge in [0.05, 0.1) is 5.92 Å². The van der Waals surface area contributed by atoms with Crippen molar-refractivity contribution in [1.29, 1.82) is 0 Å². The second-order valence-electron chi connectivity index (χ2n) is 5.41. The molecule has 1 aromatic carbocycles. The first-order valence-electron chi connectivity index (χ1n) is 7.84. The van der Waals surface area contributed by atoms with Crippen LogP contribution >= 0.6 is 0 Å². The summed E-state index contributed by atoms with van der Waals surface area (Å²) in [6, 6.07) is 10.4. The molecule has 4 heteroatoms. The Hall–Kier alpha value is -1.68. The maximum atomic E-state index is 5.91. The molecule has 0 radical (unpaired) electrons. The molecule has 0 amide bonds. The second-order valence-corrected chi connectivity index (χ2v) is 5.41. The predicted molar refractivity (Wildman–Crippen MR) is 84.3 cm³/mol. The molecule has 2 rings (SSSR count). The Morgan fingerprint density at radius 1 is 1.14 bits per heavy atom. The standard InChI is InChI=1S/C17H25N3O/c1-4-13(3)16(14-9-7-6-8-10-14)17-20-19-15(21-17)11-12-18-5-2/h6-10,13,16,18H,4-5,11-12H2,1-3H3. The normalized spacial score (nSPS) is 14.0. The zero-order chi connectivity index (χ0) is 15.1. The summed E-state index contributed by atoms with van der Waals surface area (Å²) in [5, 5.41) is 11.8. The topological polar surface area (TPSA) is 51.0 Å². The van der Waals surface area contributed by atoms with E-state index in [0.29, 0.717) is 5.92 Å². The van der Waals surface area contributed by atoms with Gasteiger partial charge >= 0.3 is 0 Å². The lowest BCUT2D eigenvalue weighted by atomic mass is 9.85. The second kappa shape index (κ2) is 7.93. The lowest BCUT2D eigenvalue weighted by molar-refractivity contribution is 0.375. The monoisotopic (exact) mass is 287 g/mol. The molecule has 1 heterocycles. The molecule has 2 atom stereocenters. The van der Waals surface area contributed by atoms with Crippen LogP contribution < -0.4 is 5.32 Å². The molecule has 0 bridgehead atoms. The number of hydrogen-bond acceptors (Lipinski definition) is 4. The van der Waals surface area contributed by atoms with E-state index in [1.165, 1.54) is 5.56 Å². The summed E-state index contributed by atoms with van der Waals surface area (Å²) in [5.74, 6) is 2.10. The summed E-state index contributed by atoms with van der Waals surface area (Å²) in [7, 11) is 0. The van der Waals surface area contributed by atoms with Gasteiger partial charge in [0.1, 0.15) is 0 Å². The Morgan fingerprint density at radius 2 is 1.90 bits per heavy atom. The lowest BCUT2D eigenvalue weighted by Crippen LogP contribution is -2.16. The fraction of sp³-hybridized carbons (Fsp3) is 0.529. The minimum atomic E-state index is 0.177. The quantitative estimate of drug-likeness (QED) is 0.756. The molecular formula is C17H25N3O. The zero-order valence-electron chi connectivity index (χ0n) is 13.2. The summed E-state index contributed by atoms with van der Waals surface area (Å²) in [6.45, 7) is 8.36. The van der Waals surface area contributed by atoms with Crippen molar-refractivity contribution in [2.75, 3.05) is 13.1 Å². The summed E-state index contributed by atoms with van der Waals surface area (Å²) < 4.78 is 5.91. The van der Waals surface area contributed by atoms with Crippen molar-refractivity contribution in [1.82, 2.24) is 15.5 Å². The van der Waals surface area contributed by atoms with Crippen molar-refractivity contribution in [3.05, 3.63) is 47.7 Å². The van der Waals surface area contributed by atoms with Crippen molar-refractivity contribution in [3.8, 4) is 0 Å². The van der Waals surface area contributed by atoms with Crippen molar-refractivity contribution < 1.29 is 4.42 Å². The van der Waals surface area contributed by atoms with Gasteiger partial charge in [-0.3, -0.25) is 0 Å². The fourth-order valence-electron chi connectivity index (χ4n) is 2.48. The smallest absolute Gasteiger partial charge is 0.224 e. The minimum Gasteiger partial charge on any atom is -0.425 e. The molecule has 1 aromatic heterocycles. The fourth-order valence-corrected chi connectivity index (χ4v) is 2.48. The number of nitrogens with one attached hydrogen (secondary N) is 1. The van der Waals surface area contributed by atoms with Gasteiger partial charge in [0, 0.05) is 13.0 Å². The Kier molecular flexibility index (Phi) is 5.93. The van der Waals surface area contributed by atoms with Gasteiger partial charge in [0.15, 0.2) is 0 Å². The van der Waals surface area contributed by atoms with E-state index in [1.807, 2.05) is 6.07 Å². The molecule has 1 N–H and O–H groups in total. The van der Waals surface area contributed by atoms with Crippen LogP contribution in [-0.4, -0.2) is 23.3 Å². The van der Waals surface area contributed by atoms with Gasteiger partial charge in [-0.15, -0.1) is 10.2 Å². The van der Waals surface area contributed by atoms with Gasteiger partial charge in [-0.05, 0) is 18.0 Å². The van der Waals surface area contributed by atoms with Crippen LogP contribution in [0.4, 0.5) is 0 Å². The van der Waals surface area contributed by atoms with Crippen molar-refractivity contribution >= 4 is 0 Å². The molecule has 21 heavy (non-hydrogen) atoms. The summed E-state index contributed by atoms with van der Waals surface area (Å²) in [5.41, 5.74) is 1.24. The highest BCUT2D eigenvalue weighted by molar-refractivity contribution is 5.25. The molecule has 0 fully saturated rings. The van der Waals surface area contributed by atoms with Gasteiger partial charge < -0.3 is 9.73 Å². The van der Waals surface area contributed by atoms with E-state index >= 15 is 0 Å². The predicted octanol–water partition coefficient (Wildman–Crippen LogP) is 3.40. The van der Waals surface area contributed by atoms with E-state index in [0.717, 1.165) is 37.7 Å². The Balaban J connectivity index is 2.18. The third-order valence-corrected chi connectivity index (χ3v) is 3.89. The van der Waals surface area contributed by atoms with E-state index in [2.05, 4.69) is 60.6 Å². The van der Waals surface area contributed by atoms with Gasteiger partial charge in [0.2, 0.25) is 11.8 Å². The highest BCUT2D eigenvalue weighted by Gasteiger charge is 2.25. The van der Waals surface area contributed by atoms with Crippen LogP contribution in [0.25, 0.3) is 0 Å². The summed E-state index contributed by atoms with van der Waals surface area (Å²) >= 11 is 0. The molecule has 0 aliphatic heterocycles. The van der Waals surface area contributed by atoms with Crippen LogP contribution in [0, 0.1) is 5.92 Å². The van der Waals surface area contributed by atoms with E-state index < -0.39 is 0 Å². The van der Waals surface area contributed by atoms with E-state index in [-0.39, 0.29) is 5.92 Å². The number of aromatic nitrogens is 2. The largest absolute Gasteiger partial charge is 0.425 e.